The van der Waals surface area contributed by atoms with Gasteiger partial charge in [0.05, 0.1) is 35.0 Å². The molecule has 0 amide bonds. The Balaban J connectivity index is 1.41. The van der Waals surface area contributed by atoms with Gasteiger partial charge in [-0.2, -0.15) is 0 Å². The van der Waals surface area contributed by atoms with Crippen LogP contribution in [0.15, 0.2) is 109 Å². The van der Waals surface area contributed by atoms with Gasteiger partial charge in [-0.1, -0.05) is 87.9 Å². The summed E-state index contributed by atoms with van der Waals surface area (Å²) in [6.07, 6.45) is 3.59. The minimum Gasteiger partial charge on any atom is -0.493 e. The van der Waals surface area contributed by atoms with Crippen LogP contribution in [0.4, 0.5) is 0 Å². The maximum absolute atomic E-state index is 14.4. The summed E-state index contributed by atoms with van der Waals surface area (Å²) in [4.78, 5) is 20.2. The molecule has 0 radical (unpaired) electrons. The number of methoxy groups -OCH3 is 2. The molecule has 0 unspecified atom stereocenters. The lowest BCUT2D eigenvalue weighted by Gasteiger charge is -2.31. The standard InChI is InChI=1S/C36H28Br2N2O4S/c1-42-29-15-13-23(17-30(29)43-2)33-27-14-12-22-10-6-7-11-26(22)32(27)39-36-40(33)35(41)31(45-36)18-24-16-25(37)19-28(38)34(24)44-20-21-8-4-3-5-9-21/h3-11,13,15-19,33H,12,14,20H2,1-2H3/b31-18+/t33-/m1/s1. The Hall–Kier alpha value is -3.92. The molecule has 1 atom stereocenters. The third kappa shape index (κ3) is 5.58. The van der Waals surface area contributed by atoms with Gasteiger partial charge in [0.25, 0.3) is 5.56 Å². The van der Waals surface area contributed by atoms with E-state index in [0.717, 1.165) is 55.3 Å². The second kappa shape index (κ2) is 12.5. The van der Waals surface area contributed by atoms with Crippen molar-refractivity contribution in [3.05, 3.63) is 147 Å². The van der Waals surface area contributed by atoms with E-state index in [1.807, 2.05) is 77.4 Å². The lowest BCUT2D eigenvalue weighted by atomic mass is 9.83. The predicted molar refractivity (Wildman–Crippen MR) is 185 cm³/mol. The van der Waals surface area contributed by atoms with E-state index in [0.29, 0.717) is 33.2 Å². The van der Waals surface area contributed by atoms with E-state index in [1.165, 1.54) is 16.9 Å². The van der Waals surface area contributed by atoms with E-state index in [9.17, 15) is 4.79 Å². The number of benzene rings is 4. The highest BCUT2D eigenvalue weighted by atomic mass is 79.9. The van der Waals surface area contributed by atoms with Gasteiger partial charge in [0.15, 0.2) is 16.3 Å². The number of nitrogens with zero attached hydrogens (tertiary/aromatic N) is 2. The highest BCUT2D eigenvalue weighted by Crippen LogP contribution is 2.43. The van der Waals surface area contributed by atoms with E-state index in [2.05, 4.69) is 50.1 Å². The van der Waals surface area contributed by atoms with Gasteiger partial charge in [0.2, 0.25) is 0 Å². The van der Waals surface area contributed by atoms with Crippen LogP contribution in [0, 0.1) is 0 Å². The monoisotopic (exact) mass is 742 g/mol. The van der Waals surface area contributed by atoms with Gasteiger partial charge in [-0.3, -0.25) is 9.36 Å². The summed E-state index contributed by atoms with van der Waals surface area (Å²) < 4.78 is 21.6. The maximum atomic E-state index is 14.4. The van der Waals surface area contributed by atoms with Crippen LogP contribution in [-0.2, 0) is 13.0 Å². The summed E-state index contributed by atoms with van der Waals surface area (Å²) in [6, 6.07) is 27.9. The van der Waals surface area contributed by atoms with E-state index in [1.54, 1.807) is 14.2 Å². The van der Waals surface area contributed by atoms with Crippen molar-refractivity contribution in [3.63, 3.8) is 0 Å². The van der Waals surface area contributed by atoms with E-state index in [4.69, 9.17) is 19.2 Å². The van der Waals surface area contributed by atoms with Crippen molar-refractivity contribution < 1.29 is 14.2 Å². The number of thiazole rings is 1. The molecular weight excluding hydrogens is 716 g/mol. The fourth-order valence-corrected chi connectivity index (χ4v) is 8.42. The molecule has 7 rings (SSSR count). The van der Waals surface area contributed by atoms with Crippen LogP contribution in [0.3, 0.4) is 0 Å². The van der Waals surface area contributed by atoms with E-state index < -0.39 is 0 Å². The molecule has 6 nitrogen and oxygen atoms in total. The van der Waals surface area contributed by atoms with Crippen molar-refractivity contribution in [1.82, 2.24) is 4.57 Å². The van der Waals surface area contributed by atoms with Gasteiger partial charge in [-0.05, 0) is 81.4 Å². The van der Waals surface area contributed by atoms with Crippen LogP contribution in [0.1, 0.15) is 40.3 Å². The Kier molecular flexibility index (Phi) is 8.25. The van der Waals surface area contributed by atoms with Gasteiger partial charge in [-0.15, -0.1) is 0 Å². The number of fused-ring (bicyclic) bond motifs is 3. The second-order valence-electron chi connectivity index (χ2n) is 10.8. The van der Waals surface area contributed by atoms with Gasteiger partial charge in [0, 0.05) is 15.6 Å². The fourth-order valence-electron chi connectivity index (χ4n) is 6.06. The van der Waals surface area contributed by atoms with Crippen LogP contribution >= 0.6 is 43.2 Å². The molecule has 0 saturated heterocycles. The first-order valence-corrected chi connectivity index (χ1v) is 16.9. The third-order valence-electron chi connectivity index (χ3n) is 8.15. The summed E-state index contributed by atoms with van der Waals surface area (Å²) in [5.74, 6) is 1.92. The number of hydrogen-bond donors (Lipinski definition) is 0. The van der Waals surface area contributed by atoms with Crippen LogP contribution in [0.25, 0.3) is 11.8 Å². The van der Waals surface area contributed by atoms with E-state index in [-0.39, 0.29) is 11.6 Å². The summed E-state index contributed by atoms with van der Waals surface area (Å²) in [7, 11) is 3.25. The average Bonchev–Trinajstić information content (AvgIpc) is 3.37. The quantitative estimate of drug-likeness (QED) is 0.174. The Morgan fingerprint density at radius 2 is 1.71 bits per heavy atom. The molecule has 9 heteroatoms. The molecule has 0 N–H and O–H groups in total. The highest BCUT2D eigenvalue weighted by Gasteiger charge is 2.33. The molecule has 1 aliphatic heterocycles. The molecule has 2 heterocycles. The van der Waals surface area contributed by atoms with E-state index >= 15 is 0 Å². The largest absolute Gasteiger partial charge is 0.493 e. The van der Waals surface area contributed by atoms with Crippen molar-refractivity contribution in [2.75, 3.05) is 14.2 Å². The molecule has 0 spiro atoms. The molecule has 4 aromatic carbocycles. The number of halogens is 2. The summed E-state index contributed by atoms with van der Waals surface area (Å²) >= 11 is 8.69. The fraction of sp³-hybridized carbons (Fsp3) is 0.167. The lowest BCUT2D eigenvalue weighted by molar-refractivity contribution is 0.303. The first kappa shape index (κ1) is 29.8. The van der Waals surface area contributed by atoms with Gasteiger partial charge >= 0.3 is 0 Å². The number of rotatable bonds is 7. The van der Waals surface area contributed by atoms with Crippen LogP contribution < -0.4 is 29.1 Å². The number of aryl methyl sites for hydroxylation is 1. The topological polar surface area (TPSA) is 62.0 Å². The zero-order valence-corrected chi connectivity index (χ0v) is 28.5. The second-order valence-corrected chi connectivity index (χ2v) is 13.6. The third-order valence-corrected chi connectivity index (χ3v) is 10.2. The van der Waals surface area contributed by atoms with Crippen LogP contribution in [-0.4, -0.2) is 18.8 Å². The highest BCUT2D eigenvalue weighted by molar-refractivity contribution is 9.11. The van der Waals surface area contributed by atoms with Gasteiger partial charge < -0.3 is 14.2 Å². The van der Waals surface area contributed by atoms with Crippen molar-refractivity contribution in [2.45, 2.75) is 25.5 Å². The molecule has 226 valence electrons. The van der Waals surface area contributed by atoms with Gasteiger partial charge in [0.1, 0.15) is 12.4 Å². The normalized spacial score (nSPS) is 15.6. The predicted octanol–water partition coefficient (Wildman–Crippen LogP) is 7.44. The van der Waals surface area contributed by atoms with Crippen molar-refractivity contribution in [2.24, 2.45) is 4.99 Å². The summed E-state index contributed by atoms with van der Waals surface area (Å²) in [5.41, 5.74) is 7.14. The molecule has 1 aromatic heterocycles. The maximum Gasteiger partial charge on any atom is 0.271 e. The minimum atomic E-state index is -0.338. The molecule has 45 heavy (non-hydrogen) atoms. The summed E-state index contributed by atoms with van der Waals surface area (Å²) in [6.45, 7) is 0.397. The molecule has 0 bridgehead atoms. The molecule has 0 saturated carbocycles. The smallest absolute Gasteiger partial charge is 0.271 e. The molecule has 5 aromatic rings. The van der Waals surface area contributed by atoms with Gasteiger partial charge in [-0.25, -0.2) is 4.99 Å². The van der Waals surface area contributed by atoms with Crippen LogP contribution in [0.2, 0.25) is 0 Å². The molecule has 2 aliphatic rings. The first-order valence-electron chi connectivity index (χ1n) is 14.5. The number of ether oxygens (including phenoxy) is 3. The average molecular weight is 745 g/mol. The lowest BCUT2D eigenvalue weighted by Crippen LogP contribution is -2.38. The minimum absolute atomic E-state index is 0.103. The first-order chi connectivity index (χ1) is 21.9. The summed E-state index contributed by atoms with van der Waals surface area (Å²) in [5, 5.41) is 0. The number of aromatic nitrogens is 1. The van der Waals surface area contributed by atoms with Crippen LogP contribution in [0.5, 0.6) is 17.2 Å². The van der Waals surface area contributed by atoms with Crippen molar-refractivity contribution in [1.29, 1.82) is 0 Å². The Labute approximate surface area is 281 Å². The molecule has 0 fully saturated rings. The molecular formula is C36H28Br2N2O4S. The zero-order valence-electron chi connectivity index (χ0n) is 24.6. The van der Waals surface area contributed by atoms with Crippen molar-refractivity contribution in [3.8, 4) is 17.2 Å². The SMILES string of the molecule is COc1ccc([C@@H]2C3=C(N=c4s/c(=C/c5cc(Br)cc(Br)c5OCc5ccccc5)c(=O)n42)c2ccccc2CC3)cc1OC. The van der Waals surface area contributed by atoms with Crippen molar-refractivity contribution >= 4 is 55.0 Å². The molecule has 1 aliphatic carbocycles. The zero-order chi connectivity index (χ0) is 31.1. The number of hydrogen-bond acceptors (Lipinski definition) is 6. The Morgan fingerprint density at radius 3 is 2.51 bits per heavy atom. The Morgan fingerprint density at radius 1 is 0.933 bits per heavy atom. The number of allylic oxidation sites excluding steroid dienone is 1. The Bertz CT molecular complexity index is 2150.